The maximum Gasteiger partial charge on any atom is 0.340 e. The Hall–Kier alpha value is -3.55. The van der Waals surface area contributed by atoms with Crippen LogP contribution in [0, 0.1) is 19.8 Å². The third-order valence-corrected chi connectivity index (χ3v) is 5.98. The van der Waals surface area contributed by atoms with Gasteiger partial charge in [0.15, 0.2) is 18.1 Å². The van der Waals surface area contributed by atoms with Gasteiger partial charge < -0.3 is 24.8 Å². The van der Waals surface area contributed by atoms with Crippen molar-refractivity contribution < 1.29 is 28.6 Å². The first-order valence-corrected chi connectivity index (χ1v) is 11.4. The summed E-state index contributed by atoms with van der Waals surface area (Å²) < 4.78 is 15.9. The fraction of sp³-hybridized carbons (Fsp3) is 0.423. The fourth-order valence-corrected chi connectivity index (χ4v) is 4.02. The van der Waals surface area contributed by atoms with Crippen LogP contribution >= 0.6 is 0 Å². The summed E-state index contributed by atoms with van der Waals surface area (Å²) in [4.78, 5) is 38.1. The van der Waals surface area contributed by atoms with Crippen LogP contribution in [0.15, 0.2) is 30.3 Å². The zero-order chi connectivity index (χ0) is 24.7. The lowest BCUT2D eigenvalue weighted by Gasteiger charge is -2.22. The fourth-order valence-electron chi connectivity index (χ4n) is 4.02. The standard InChI is InChI=1S/C26H32N2O6/c1-16-10-11-17(2)20(12-16)27-24(29)15-34-26(31)19-13-22(32-3)23(33-4)14-21(19)28-25(30)18-8-6-5-7-9-18/h10-14,18H,5-9,15H2,1-4H3,(H,27,29)(H,28,30). The van der Waals surface area contributed by atoms with Crippen LogP contribution < -0.4 is 20.1 Å². The number of benzene rings is 2. The van der Waals surface area contributed by atoms with Crippen LogP contribution in [0.4, 0.5) is 11.4 Å². The van der Waals surface area contributed by atoms with E-state index in [1.165, 1.54) is 26.4 Å². The number of esters is 1. The SMILES string of the molecule is COc1cc(NC(=O)C2CCCCC2)c(C(=O)OCC(=O)Nc2cc(C)ccc2C)cc1OC. The molecule has 0 spiro atoms. The predicted molar refractivity (Wildman–Crippen MR) is 130 cm³/mol. The maximum absolute atomic E-state index is 12.9. The van der Waals surface area contributed by atoms with Crippen LogP contribution in [0.3, 0.4) is 0 Å². The molecule has 1 fully saturated rings. The highest BCUT2D eigenvalue weighted by molar-refractivity contribution is 6.03. The van der Waals surface area contributed by atoms with E-state index in [2.05, 4.69) is 10.6 Å². The molecule has 0 bridgehead atoms. The number of ether oxygens (including phenoxy) is 3. The number of aryl methyl sites for hydroxylation is 2. The van der Waals surface area contributed by atoms with Crippen molar-refractivity contribution >= 4 is 29.2 Å². The lowest BCUT2D eigenvalue weighted by molar-refractivity contribution is -0.121. The second-order valence-electron chi connectivity index (χ2n) is 8.52. The van der Waals surface area contributed by atoms with Gasteiger partial charge in [0.1, 0.15) is 0 Å². The lowest BCUT2D eigenvalue weighted by Crippen LogP contribution is -2.26. The first-order valence-electron chi connectivity index (χ1n) is 11.4. The van der Waals surface area contributed by atoms with E-state index in [4.69, 9.17) is 14.2 Å². The van der Waals surface area contributed by atoms with Crippen molar-refractivity contribution in [2.75, 3.05) is 31.5 Å². The summed E-state index contributed by atoms with van der Waals surface area (Å²) in [5.74, 6) is -0.787. The monoisotopic (exact) mass is 468 g/mol. The van der Waals surface area contributed by atoms with Gasteiger partial charge in [0, 0.05) is 23.7 Å². The van der Waals surface area contributed by atoms with Gasteiger partial charge in [-0.1, -0.05) is 31.4 Å². The Bertz CT molecular complexity index is 1060. The summed E-state index contributed by atoms with van der Waals surface area (Å²) in [6.45, 7) is 3.33. The Balaban J connectivity index is 1.75. The molecule has 0 atom stereocenters. The summed E-state index contributed by atoms with van der Waals surface area (Å²) in [6.07, 6.45) is 4.78. The number of hydrogen-bond donors (Lipinski definition) is 2. The third-order valence-electron chi connectivity index (χ3n) is 5.98. The van der Waals surface area contributed by atoms with Crippen LogP contribution in [0.5, 0.6) is 11.5 Å². The van der Waals surface area contributed by atoms with Gasteiger partial charge in [-0.3, -0.25) is 9.59 Å². The maximum atomic E-state index is 12.9. The van der Waals surface area contributed by atoms with E-state index in [9.17, 15) is 14.4 Å². The Labute approximate surface area is 200 Å². The molecule has 2 aromatic rings. The highest BCUT2D eigenvalue weighted by Crippen LogP contribution is 2.35. The van der Waals surface area contributed by atoms with Gasteiger partial charge in [-0.05, 0) is 43.9 Å². The molecule has 182 valence electrons. The highest BCUT2D eigenvalue weighted by atomic mass is 16.5. The molecule has 34 heavy (non-hydrogen) atoms. The van der Waals surface area contributed by atoms with Crippen molar-refractivity contribution in [1.29, 1.82) is 0 Å². The average molecular weight is 469 g/mol. The lowest BCUT2D eigenvalue weighted by atomic mass is 9.88. The zero-order valence-corrected chi connectivity index (χ0v) is 20.2. The largest absolute Gasteiger partial charge is 0.493 e. The van der Waals surface area contributed by atoms with Gasteiger partial charge in [-0.15, -0.1) is 0 Å². The van der Waals surface area contributed by atoms with Crippen LogP contribution in [0.2, 0.25) is 0 Å². The van der Waals surface area contributed by atoms with E-state index >= 15 is 0 Å². The molecule has 0 aliphatic heterocycles. The second-order valence-corrected chi connectivity index (χ2v) is 8.52. The number of hydrogen-bond acceptors (Lipinski definition) is 6. The minimum Gasteiger partial charge on any atom is -0.493 e. The Morgan fingerprint density at radius 3 is 2.24 bits per heavy atom. The number of rotatable bonds is 8. The smallest absolute Gasteiger partial charge is 0.340 e. The minimum atomic E-state index is -0.754. The van der Waals surface area contributed by atoms with Gasteiger partial charge in [0.2, 0.25) is 5.91 Å². The van der Waals surface area contributed by atoms with Crippen LogP contribution in [0.25, 0.3) is 0 Å². The van der Waals surface area contributed by atoms with Gasteiger partial charge in [-0.25, -0.2) is 4.79 Å². The average Bonchev–Trinajstić information content (AvgIpc) is 2.85. The molecule has 1 saturated carbocycles. The molecule has 1 aliphatic carbocycles. The Morgan fingerprint density at radius 2 is 1.56 bits per heavy atom. The summed E-state index contributed by atoms with van der Waals surface area (Å²) >= 11 is 0. The van der Waals surface area contributed by atoms with E-state index in [0.29, 0.717) is 17.2 Å². The number of anilines is 2. The summed E-state index contributed by atoms with van der Waals surface area (Å²) in [5.41, 5.74) is 2.90. The summed E-state index contributed by atoms with van der Waals surface area (Å²) in [7, 11) is 2.92. The van der Waals surface area contributed by atoms with Crippen LogP contribution in [-0.4, -0.2) is 38.6 Å². The molecule has 1 aliphatic rings. The van der Waals surface area contributed by atoms with Crippen molar-refractivity contribution in [3.05, 3.63) is 47.0 Å². The molecule has 8 nitrogen and oxygen atoms in total. The Kier molecular flexibility index (Phi) is 8.51. The first kappa shape index (κ1) is 25.1. The van der Waals surface area contributed by atoms with E-state index in [0.717, 1.165) is 43.2 Å². The molecule has 0 radical (unpaired) electrons. The third kappa shape index (κ3) is 6.27. The molecule has 8 heteroatoms. The molecule has 0 unspecified atom stereocenters. The quantitative estimate of drug-likeness (QED) is 0.548. The van der Waals surface area contributed by atoms with Crippen molar-refractivity contribution in [2.45, 2.75) is 46.0 Å². The van der Waals surface area contributed by atoms with Gasteiger partial charge in [-0.2, -0.15) is 0 Å². The van der Waals surface area contributed by atoms with Gasteiger partial charge >= 0.3 is 5.97 Å². The first-order chi connectivity index (χ1) is 16.3. The van der Waals surface area contributed by atoms with Crippen molar-refractivity contribution in [1.82, 2.24) is 0 Å². The number of nitrogens with one attached hydrogen (secondary N) is 2. The van der Waals surface area contributed by atoms with E-state index < -0.39 is 18.5 Å². The van der Waals surface area contributed by atoms with Crippen molar-refractivity contribution in [3.8, 4) is 11.5 Å². The number of amides is 2. The molecule has 0 heterocycles. The minimum absolute atomic E-state index is 0.0846. The molecule has 2 aromatic carbocycles. The second kappa shape index (κ2) is 11.5. The van der Waals surface area contributed by atoms with Crippen LogP contribution in [0.1, 0.15) is 53.6 Å². The number of carbonyl (C=O) groups is 3. The van der Waals surface area contributed by atoms with Crippen LogP contribution in [-0.2, 0) is 14.3 Å². The van der Waals surface area contributed by atoms with Gasteiger partial charge in [0.25, 0.3) is 5.91 Å². The predicted octanol–water partition coefficient (Wildman–Crippen LogP) is 4.63. The zero-order valence-electron chi connectivity index (χ0n) is 20.2. The molecule has 2 N–H and O–H groups in total. The Morgan fingerprint density at radius 1 is 0.882 bits per heavy atom. The van der Waals surface area contributed by atoms with Crippen molar-refractivity contribution in [2.24, 2.45) is 5.92 Å². The van der Waals surface area contributed by atoms with Crippen molar-refractivity contribution in [3.63, 3.8) is 0 Å². The normalized spacial score (nSPS) is 13.6. The molecular formula is C26H32N2O6. The van der Waals surface area contributed by atoms with E-state index in [1.54, 1.807) is 0 Å². The summed E-state index contributed by atoms with van der Waals surface area (Å²) in [5, 5.41) is 5.61. The summed E-state index contributed by atoms with van der Waals surface area (Å²) in [6, 6.07) is 8.68. The van der Waals surface area contributed by atoms with Gasteiger partial charge in [0.05, 0.1) is 25.5 Å². The molecule has 0 saturated heterocycles. The molecule has 0 aromatic heterocycles. The van der Waals surface area contributed by atoms with E-state index in [-0.39, 0.29) is 23.1 Å². The highest BCUT2D eigenvalue weighted by Gasteiger charge is 2.25. The number of methoxy groups -OCH3 is 2. The van der Waals surface area contributed by atoms with E-state index in [1.807, 2.05) is 32.0 Å². The topological polar surface area (TPSA) is 103 Å². The number of carbonyl (C=O) groups excluding carboxylic acids is 3. The molecule has 2 amide bonds. The molecule has 3 rings (SSSR count). The molecular weight excluding hydrogens is 436 g/mol.